The van der Waals surface area contributed by atoms with Crippen molar-refractivity contribution in [3.63, 3.8) is 0 Å². The van der Waals surface area contributed by atoms with Crippen LogP contribution in [0.25, 0.3) is 11.0 Å². The minimum Gasteiger partial charge on any atom is -0.353 e. The SMILES string of the molecule is Fc1ccccc1CCNc1nnc2ccccc2n1. The van der Waals surface area contributed by atoms with Crippen LogP contribution >= 0.6 is 0 Å². The molecule has 0 saturated carbocycles. The molecule has 2 aromatic carbocycles. The van der Waals surface area contributed by atoms with Gasteiger partial charge in [0, 0.05) is 6.54 Å². The van der Waals surface area contributed by atoms with Gasteiger partial charge in [0.05, 0.1) is 5.52 Å². The number of halogens is 1. The maximum atomic E-state index is 13.5. The number of hydrogen-bond donors (Lipinski definition) is 1. The molecule has 100 valence electrons. The Kier molecular flexibility index (Phi) is 3.50. The molecule has 3 rings (SSSR count). The fourth-order valence-corrected chi connectivity index (χ4v) is 1.97. The summed E-state index contributed by atoms with van der Waals surface area (Å²) < 4.78 is 13.5. The molecule has 0 saturated heterocycles. The summed E-state index contributed by atoms with van der Waals surface area (Å²) in [4.78, 5) is 4.35. The van der Waals surface area contributed by atoms with Crippen molar-refractivity contribution in [3.8, 4) is 0 Å². The molecule has 0 fully saturated rings. The lowest BCUT2D eigenvalue weighted by molar-refractivity contribution is 0.610. The molecule has 4 nitrogen and oxygen atoms in total. The summed E-state index contributed by atoms with van der Waals surface area (Å²) in [6.07, 6.45) is 0.572. The molecule has 0 radical (unpaired) electrons. The van der Waals surface area contributed by atoms with Gasteiger partial charge in [-0.1, -0.05) is 30.3 Å². The Morgan fingerprint density at radius 1 is 0.900 bits per heavy atom. The van der Waals surface area contributed by atoms with Crippen molar-refractivity contribution in [1.29, 1.82) is 0 Å². The minimum absolute atomic E-state index is 0.188. The van der Waals surface area contributed by atoms with Crippen LogP contribution in [0.5, 0.6) is 0 Å². The van der Waals surface area contributed by atoms with Crippen LogP contribution in [0, 0.1) is 5.82 Å². The number of hydrogen-bond acceptors (Lipinski definition) is 4. The number of rotatable bonds is 4. The first kappa shape index (κ1) is 12.5. The molecule has 0 aliphatic rings. The molecule has 0 aliphatic heterocycles. The number of anilines is 1. The van der Waals surface area contributed by atoms with Crippen LogP contribution in [0.15, 0.2) is 48.5 Å². The van der Waals surface area contributed by atoms with Crippen molar-refractivity contribution < 1.29 is 4.39 Å². The van der Waals surface area contributed by atoms with E-state index in [9.17, 15) is 4.39 Å². The van der Waals surface area contributed by atoms with Gasteiger partial charge in [0.25, 0.3) is 0 Å². The van der Waals surface area contributed by atoms with Crippen LogP contribution < -0.4 is 5.32 Å². The minimum atomic E-state index is -0.188. The topological polar surface area (TPSA) is 50.7 Å². The molecule has 5 heteroatoms. The number of nitrogens with zero attached hydrogens (tertiary/aromatic N) is 3. The third-order valence-electron chi connectivity index (χ3n) is 3.00. The Balaban J connectivity index is 1.67. The standard InChI is InChI=1S/C15H13FN4/c16-12-6-2-1-5-11(12)9-10-17-15-18-13-7-3-4-8-14(13)19-20-15/h1-8H,9-10H2,(H,17,18,20). The third kappa shape index (κ3) is 2.71. The summed E-state index contributed by atoms with van der Waals surface area (Å²) >= 11 is 0. The molecule has 1 N–H and O–H groups in total. The summed E-state index contributed by atoms with van der Waals surface area (Å²) in [6, 6.07) is 14.3. The largest absolute Gasteiger partial charge is 0.353 e. The van der Waals surface area contributed by atoms with Gasteiger partial charge in [0.15, 0.2) is 0 Å². The van der Waals surface area contributed by atoms with Gasteiger partial charge < -0.3 is 5.32 Å². The zero-order valence-corrected chi connectivity index (χ0v) is 10.8. The summed E-state index contributed by atoms with van der Waals surface area (Å²) in [5, 5.41) is 11.1. The smallest absolute Gasteiger partial charge is 0.243 e. The second-order valence-electron chi connectivity index (χ2n) is 4.39. The molecule has 20 heavy (non-hydrogen) atoms. The van der Waals surface area contributed by atoms with Gasteiger partial charge in [0.2, 0.25) is 5.95 Å². The van der Waals surface area contributed by atoms with Crippen LogP contribution in [0.4, 0.5) is 10.3 Å². The van der Waals surface area contributed by atoms with Gasteiger partial charge in [-0.05, 0) is 30.2 Å². The number of nitrogens with one attached hydrogen (secondary N) is 1. The van der Waals surface area contributed by atoms with Gasteiger partial charge in [-0.2, -0.15) is 0 Å². The number of fused-ring (bicyclic) bond motifs is 1. The van der Waals surface area contributed by atoms with Gasteiger partial charge in [-0.25, -0.2) is 9.37 Å². The molecule has 0 bridgehead atoms. The molecular weight excluding hydrogens is 255 g/mol. The Bertz CT molecular complexity index is 730. The summed E-state index contributed by atoms with van der Waals surface area (Å²) in [5.74, 6) is 0.270. The maximum absolute atomic E-state index is 13.5. The van der Waals surface area contributed by atoms with E-state index in [0.717, 1.165) is 11.0 Å². The van der Waals surface area contributed by atoms with E-state index in [1.807, 2.05) is 30.3 Å². The van der Waals surface area contributed by atoms with Crippen molar-refractivity contribution in [1.82, 2.24) is 15.2 Å². The summed E-state index contributed by atoms with van der Waals surface area (Å²) in [5.41, 5.74) is 2.22. The molecule has 0 atom stereocenters. The molecule has 1 heterocycles. The molecule has 0 aliphatic carbocycles. The predicted octanol–water partition coefficient (Wildman–Crippen LogP) is 2.82. The normalized spacial score (nSPS) is 10.7. The van der Waals surface area contributed by atoms with Crippen LogP contribution in [0.3, 0.4) is 0 Å². The van der Waals surface area contributed by atoms with E-state index in [4.69, 9.17) is 0 Å². The first-order chi connectivity index (χ1) is 9.83. The molecule has 0 amide bonds. The highest BCUT2D eigenvalue weighted by atomic mass is 19.1. The Morgan fingerprint density at radius 3 is 2.50 bits per heavy atom. The van der Waals surface area contributed by atoms with Crippen molar-refractivity contribution in [2.45, 2.75) is 6.42 Å². The number of benzene rings is 2. The van der Waals surface area contributed by atoms with Gasteiger partial charge in [0.1, 0.15) is 11.3 Å². The Morgan fingerprint density at radius 2 is 1.65 bits per heavy atom. The lowest BCUT2D eigenvalue weighted by Gasteiger charge is -2.05. The van der Waals surface area contributed by atoms with Crippen LogP contribution in [-0.4, -0.2) is 21.7 Å². The van der Waals surface area contributed by atoms with E-state index in [1.165, 1.54) is 6.07 Å². The Hall–Kier alpha value is -2.56. The highest BCUT2D eigenvalue weighted by molar-refractivity contribution is 5.73. The number of aromatic nitrogens is 3. The highest BCUT2D eigenvalue weighted by Gasteiger charge is 2.02. The average molecular weight is 268 g/mol. The highest BCUT2D eigenvalue weighted by Crippen LogP contribution is 2.10. The molecule has 1 aromatic heterocycles. The lowest BCUT2D eigenvalue weighted by Crippen LogP contribution is -2.09. The predicted molar refractivity (Wildman–Crippen MR) is 75.9 cm³/mol. The zero-order valence-electron chi connectivity index (χ0n) is 10.8. The maximum Gasteiger partial charge on any atom is 0.243 e. The van der Waals surface area contributed by atoms with Crippen molar-refractivity contribution in [3.05, 3.63) is 59.9 Å². The molecule has 0 unspecified atom stereocenters. The molecule has 0 spiro atoms. The van der Waals surface area contributed by atoms with Crippen molar-refractivity contribution in [2.24, 2.45) is 0 Å². The van der Waals surface area contributed by atoms with E-state index in [2.05, 4.69) is 20.5 Å². The second kappa shape index (κ2) is 5.61. The van der Waals surface area contributed by atoms with Crippen LogP contribution in [-0.2, 0) is 6.42 Å². The second-order valence-corrected chi connectivity index (χ2v) is 4.39. The van der Waals surface area contributed by atoms with Crippen molar-refractivity contribution >= 4 is 17.0 Å². The van der Waals surface area contributed by atoms with E-state index >= 15 is 0 Å². The van der Waals surface area contributed by atoms with E-state index in [0.29, 0.717) is 24.5 Å². The summed E-state index contributed by atoms with van der Waals surface area (Å²) in [7, 11) is 0. The van der Waals surface area contributed by atoms with Gasteiger partial charge in [-0.15, -0.1) is 10.2 Å². The van der Waals surface area contributed by atoms with E-state index < -0.39 is 0 Å². The van der Waals surface area contributed by atoms with E-state index in [-0.39, 0.29) is 5.82 Å². The fraction of sp³-hybridized carbons (Fsp3) is 0.133. The summed E-state index contributed by atoms with van der Waals surface area (Å²) in [6.45, 7) is 0.557. The third-order valence-corrected chi connectivity index (χ3v) is 3.00. The lowest BCUT2D eigenvalue weighted by atomic mass is 10.1. The Labute approximate surface area is 115 Å². The quantitative estimate of drug-likeness (QED) is 0.790. The van der Waals surface area contributed by atoms with E-state index in [1.54, 1.807) is 12.1 Å². The number of para-hydroxylation sites is 1. The molecular formula is C15H13FN4. The first-order valence-electron chi connectivity index (χ1n) is 6.40. The fourth-order valence-electron chi connectivity index (χ4n) is 1.97. The monoisotopic (exact) mass is 268 g/mol. The van der Waals surface area contributed by atoms with Gasteiger partial charge in [-0.3, -0.25) is 0 Å². The zero-order chi connectivity index (χ0) is 13.8. The van der Waals surface area contributed by atoms with Gasteiger partial charge >= 0.3 is 0 Å². The average Bonchev–Trinajstić information content (AvgIpc) is 2.49. The van der Waals surface area contributed by atoms with Crippen LogP contribution in [0.1, 0.15) is 5.56 Å². The first-order valence-corrected chi connectivity index (χ1v) is 6.40. The van der Waals surface area contributed by atoms with Crippen molar-refractivity contribution in [2.75, 3.05) is 11.9 Å². The van der Waals surface area contributed by atoms with Crippen LogP contribution in [0.2, 0.25) is 0 Å². The molecule has 3 aromatic rings.